The summed E-state index contributed by atoms with van der Waals surface area (Å²) >= 11 is 0. The van der Waals surface area contributed by atoms with Crippen LogP contribution in [0.4, 0.5) is 0 Å². The second-order valence-electron chi connectivity index (χ2n) is 3.58. The summed E-state index contributed by atoms with van der Waals surface area (Å²) in [5.74, 6) is -1.36. The summed E-state index contributed by atoms with van der Waals surface area (Å²) in [7, 11) is 0. The smallest absolute Gasteiger partial charge is 0.328 e. The van der Waals surface area contributed by atoms with Crippen molar-refractivity contribution >= 4 is 11.8 Å². The van der Waals surface area contributed by atoms with Crippen LogP contribution in [-0.4, -0.2) is 16.9 Å². The number of ketones is 1. The topological polar surface area (TPSA) is 54.4 Å². The predicted octanol–water partition coefficient (Wildman–Crippen LogP) is 2.00. The largest absolute Gasteiger partial charge is 0.478 e. The molecule has 2 rings (SSSR count). The minimum atomic E-state index is -1.07. The van der Waals surface area contributed by atoms with Crippen molar-refractivity contribution in [1.29, 1.82) is 0 Å². The Morgan fingerprint density at radius 1 is 1.40 bits per heavy atom. The van der Waals surface area contributed by atoms with Gasteiger partial charge in [-0.1, -0.05) is 31.2 Å². The van der Waals surface area contributed by atoms with Gasteiger partial charge in [-0.15, -0.1) is 0 Å². The molecule has 0 amide bonds. The number of rotatable bonds is 1. The van der Waals surface area contributed by atoms with Gasteiger partial charge in [-0.3, -0.25) is 4.79 Å². The molecule has 1 unspecified atom stereocenters. The third kappa shape index (κ3) is 1.46. The first-order valence-corrected chi connectivity index (χ1v) is 4.69. The molecule has 1 atom stereocenters. The summed E-state index contributed by atoms with van der Waals surface area (Å²) in [6.07, 6.45) is 1.01. The van der Waals surface area contributed by atoms with Crippen molar-refractivity contribution in [3.05, 3.63) is 47.0 Å². The fourth-order valence-corrected chi connectivity index (χ4v) is 1.92. The van der Waals surface area contributed by atoms with Crippen LogP contribution in [-0.2, 0) is 4.79 Å². The molecule has 0 aromatic heterocycles. The summed E-state index contributed by atoms with van der Waals surface area (Å²) < 4.78 is 0. The van der Waals surface area contributed by atoms with E-state index in [1.807, 2.05) is 19.1 Å². The molecule has 0 heterocycles. The van der Waals surface area contributed by atoms with Crippen molar-refractivity contribution < 1.29 is 14.7 Å². The molecule has 0 radical (unpaired) electrons. The van der Waals surface area contributed by atoms with Gasteiger partial charge in [-0.25, -0.2) is 4.79 Å². The zero-order valence-electron chi connectivity index (χ0n) is 8.23. The number of hydrogen-bond donors (Lipinski definition) is 1. The van der Waals surface area contributed by atoms with E-state index in [2.05, 4.69) is 0 Å². The maximum Gasteiger partial charge on any atom is 0.328 e. The molecule has 76 valence electrons. The van der Waals surface area contributed by atoms with Crippen LogP contribution in [0.15, 0.2) is 35.9 Å². The van der Waals surface area contributed by atoms with Crippen molar-refractivity contribution in [3.63, 3.8) is 0 Å². The van der Waals surface area contributed by atoms with Gasteiger partial charge in [0, 0.05) is 23.1 Å². The maximum atomic E-state index is 11.8. The number of Topliss-reactive ketones (excluding diaryl/α,β-unsaturated/α-hetero) is 1. The highest BCUT2D eigenvalue weighted by molar-refractivity contribution is 6.16. The highest BCUT2D eigenvalue weighted by Crippen LogP contribution is 2.36. The zero-order valence-corrected chi connectivity index (χ0v) is 8.23. The molecule has 1 aliphatic rings. The summed E-state index contributed by atoms with van der Waals surface area (Å²) in [6, 6.07) is 7.23. The van der Waals surface area contributed by atoms with Crippen LogP contribution in [0.2, 0.25) is 0 Å². The highest BCUT2D eigenvalue weighted by Gasteiger charge is 2.31. The number of carbonyl (C=O) groups is 2. The van der Waals surface area contributed by atoms with E-state index in [9.17, 15) is 9.59 Å². The lowest BCUT2D eigenvalue weighted by atomic mass is 10.00. The number of fused-ring (bicyclic) bond motifs is 1. The summed E-state index contributed by atoms with van der Waals surface area (Å²) in [5, 5.41) is 8.66. The molecule has 0 saturated heterocycles. The summed E-state index contributed by atoms with van der Waals surface area (Å²) in [4.78, 5) is 22.4. The number of benzene rings is 1. The van der Waals surface area contributed by atoms with E-state index in [-0.39, 0.29) is 11.7 Å². The van der Waals surface area contributed by atoms with Crippen LogP contribution in [0.25, 0.3) is 0 Å². The monoisotopic (exact) mass is 202 g/mol. The highest BCUT2D eigenvalue weighted by atomic mass is 16.4. The lowest BCUT2D eigenvalue weighted by Crippen LogP contribution is -2.01. The van der Waals surface area contributed by atoms with Crippen LogP contribution in [0.3, 0.4) is 0 Å². The Morgan fingerprint density at radius 3 is 2.67 bits per heavy atom. The molecule has 0 bridgehead atoms. The average molecular weight is 202 g/mol. The fourth-order valence-electron chi connectivity index (χ4n) is 1.92. The molecule has 0 aliphatic heterocycles. The third-order valence-electron chi connectivity index (χ3n) is 2.68. The molecule has 3 nitrogen and oxygen atoms in total. The molecule has 0 spiro atoms. The first kappa shape index (κ1) is 9.65. The van der Waals surface area contributed by atoms with Crippen LogP contribution in [0.5, 0.6) is 0 Å². The summed E-state index contributed by atoms with van der Waals surface area (Å²) in [5.41, 5.74) is 1.90. The van der Waals surface area contributed by atoms with E-state index in [0.717, 1.165) is 11.6 Å². The Hall–Kier alpha value is -1.90. The van der Waals surface area contributed by atoms with Gasteiger partial charge >= 0.3 is 5.97 Å². The van der Waals surface area contributed by atoms with Gasteiger partial charge in [0.05, 0.1) is 0 Å². The Labute approximate surface area is 87.0 Å². The van der Waals surface area contributed by atoms with Gasteiger partial charge in [0.15, 0.2) is 5.78 Å². The Morgan fingerprint density at radius 2 is 2.07 bits per heavy atom. The van der Waals surface area contributed by atoms with Gasteiger partial charge in [0.1, 0.15) is 0 Å². The molecule has 1 aromatic carbocycles. The minimum absolute atomic E-state index is 0.121. The second-order valence-corrected chi connectivity index (χ2v) is 3.58. The fraction of sp³-hybridized carbons (Fsp3) is 0.167. The van der Waals surface area contributed by atoms with Gasteiger partial charge in [0.2, 0.25) is 0 Å². The van der Waals surface area contributed by atoms with Crippen molar-refractivity contribution in [2.45, 2.75) is 12.8 Å². The second kappa shape index (κ2) is 3.35. The molecule has 1 N–H and O–H groups in total. The number of allylic oxidation sites excluding steroid dienone is 1. The van der Waals surface area contributed by atoms with Gasteiger partial charge < -0.3 is 5.11 Å². The van der Waals surface area contributed by atoms with Crippen molar-refractivity contribution in [2.24, 2.45) is 0 Å². The van der Waals surface area contributed by atoms with Crippen LogP contribution in [0.1, 0.15) is 28.8 Å². The minimum Gasteiger partial charge on any atom is -0.478 e. The standard InChI is InChI=1S/C12H10O3/c1-7-8-4-2-3-5-9(8)12(15)10(7)6-11(13)14/h2-7H,1H3,(H,13,14). The Balaban J connectivity index is 2.55. The average Bonchev–Trinajstić information content (AvgIpc) is 2.44. The Kier molecular flexibility index (Phi) is 2.15. The molecule has 1 aliphatic carbocycles. The van der Waals surface area contributed by atoms with E-state index in [1.165, 1.54) is 0 Å². The van der Waals surface area contributed by atoms with E-state index in [1.54, 1.807) is 12.1 Å². The molecular weight excluding hydrogens is 192 g/mol. The number of hydrogen-bond acceptors (Lipinski definition) is 2. The molecule has 1 aromatic rings. The maximum absolute atomic E-state index is 11.8. The normalized spacial score (nSPS) is 21.8. The third-order valence-corrected chi connectivity index (χ3v) is 2.68. The van der Waals surface area contributed by atoms with E-state index in [4.69, 9.17) is 5.11 Å². The lowest BCUT2D eigenvalue weighted by Gasteiger charge is -2.03. The van der Waals surface area contributed by atoms with Crippen LogP contribution < -0.4 is 0 Å². The SMILES string of the molecule is CC1C(=CC(=O)O)C(=O)c2ccccc21. The molecule has 0 fully saturated rings. The number of carboxylic acid groups (broad SMARTS) is 1. The van der Waals surface area contributed by atoms with E-state index in [0.29, 0.717) is 11.1 Å². The van der Waals surface area contributed by atoms with Crippen molar-refractivity contribution in [2.75, 3.05) is 0 Å². The van der Waals surface area contributed by atoms with Crippen molar-refractivity contribution in [3.8, 4) is 0 Å². The van der Waals surface area contributed by atoms with Crippen LogP contribution >= 0.6 is 0 Å². The predicted molar refractivity (Wildman–Crippen MR) is 54.9 cm³/mol. The molecular formula is C12H10O3. The quantitative estimate of drug-likeness (QED) is 0.708. The lowest BCUT2D eigenvalue weighted by molar-refractivity contribution is -0.131. The van der Waals surface area contributed by atoms with Gasteiger partial charge in [-0.2, -0.15) is 0 Å². The first-order valence-electron chi connectivity index (χ1n) is 4.69. The summed E-state index contributed by atoms with van der Waals surface area (Å²) in [6.45, 7) is 1.85. The van der Waals surface area contributed by atoms with Crippen molar-refractivity contribution in [1.82, 2.24) is 0 Å². The zero-order chi connectivity index (χ0) is 11.0. The van der Waals surface area contributed by atoms with Gasteiger partial charge in [0.25, 0.3) is 0 Å². The molecule has 3 heteroatoms. The van der Waals surface area contributed by atoms with Crippen LogP contribution in [0, 0.1) is 0 Å². The number of aliphatic carboxylic acids is 1. The first-order chi connectivity index (χ1) is 7.11. The van der Waals surface area contributed by atoms with E-state index >= 15 is 0 Å². The molecule has 15 heavy (non-hydrogen) atoms. The molecule has 0 saturated carbocycles. The number of carboxylic acids is 1. The Bertz CT molecular complexity index is 472. The van der Waals surface area contributed by atoms with E-state index < -0.39 is 5.97 Å². The van der Waals surface area contributed by atoms with Gasteiger partial charge in [-0.05, 0) is 5.56 Å². The number of carbonyl (C=O) groups excluding carboxylic acids is 1.